The van der Waals surface area contributed by atoms with E-state index in [1.165, 1.54) is 5.56 Å². The fraction of sp³-hybridized carbons (Fsp3) is 0.500. The summed E-state index contributed by atoms with van der Waals surface area (Å²) in [5.74, 6) is 0. The Morgan fingerprint density at radius 1 is 1.27 bits per heavy atom. The molecule has 1 fully saturated rings. The zero-order valence-corrected chi connectivity index (χ0v) is 9.11. The Labute approximate surface area is 90.7 Å². The van der Waals surface area contributed by atoms with Crippen molar-refractivity contribution in [3.05, 3.63) is 29.8 Å². The van der Waals surface area contributed by atoms with Gasteiger partial charge in [-0.25, -0.2) is 0 Å². The van der Waals surface area contributed by atoms with E-state index in [9.17, 15) is 5.11 Å². The van der Waals surface area contributed by atoms with Crippen LogP contribution in [0.1, 0.15) is 12.0 Å². The molecule has 0 saturated carbocycles. The molecule has 1 aromatic rings. The lowest BCUT2D eigenvalue weighted by Crippen LogP contribution is -2.36. The zero-order valence-electron chi connectivity index (χ0n) is 9.11. The average molecular weight is 206 g/mol. The first kappa shape index (κ1) is 10.5. The maximum atomic E-state index is 9.96. The Balaban J connectivity index is 2.16. The highest BCUT2D eigenvalue weighted by atomic mass is 16.3. The van der Waals surface area contributed by atoms with E-state index < -0.39 is 0 Å². The molecule has 15 heavy (non-hydrogen) atoms. The van der Waals surface area contributed by atoms with Crippen molar-refractivity contribution >= 4 is 5.69 Å². The van der Waals surface area contributed by atoms with Crippen molar-refractivity contribution in [2.75, 3.05) is 24.5 Å². The molecule has 0 aromatic heterocycles. The molecular formula is C12H18N2O. The van der Waals surface area contributed by atoms with Crippen LogP contribution in [0, 0.1) is 6.92 Å². The molecule has 0 aliphatic carbocycles. The summed E-state index contributed by atoms with van der Waals surface area (Å²) >= 11 is 0. The third-order valence-corrected chi connectivity index (χ3v) is 2.83. The quantitative estimate of drug-likeness (QED) is 0.722. The molecule has 2 N–H and O–H groups in total. The second kappa shape index (κ2) is 4.64. The molecular weight excluding hydrogens is 188 g/mol. The number of hydrogen-bond acceptors (Lipinski definition) is 3. The van der Waals surface area contributed by atoms with Gasteiger partial charge in [0.25, 0.3) is 0 Å². The van der Waals surface area contributed by atoms with E-state index in [0.29, 0.717) is 0 Å². The van der Waals surface area contributed by atoms with Crippen LogP contribution < -0.4 is 10.2 Å². The summed E-state index contributed by atoms with van der Waals surface area (Å²) in [6.07, 6.45) is 0.427. The van der Waals surface area contributed by atoms with Crippen molar-refractivity contribution in [1.82, 2.24) is 5.32 Å². The summed E-state index contributed by atoms with van der Waals surface area (Å²) in [5, 5.41) is 13.2. The van der Waals surface area contributed by atoms with Gasteiger partial charge >= 0.3 is 0 Å². The number of nitrogens with zero attached hydrogens (tertiary/aromatic N) is 1. The lowest BCUT2D eigenvalue weighted by atomic mass is 10.2. The molecule has 1 heterocycles. The van der Waals surface area contributed by atoms with Crippen LogP contribution in [0.15, 0.2) is 24.3 Å². The highest BCUT2D eigenvalue weighted by molar-refractivity contribution is 5.48. The first-order chi connectivity index (χ1) is 7.27. The number of aryl methyl sites for hydroxylation is 1. The molecule has 82 valence electrons. The molecule has 0 bridgehead atoms. The molecule has 2 rings (SSSR count). The van der Waals surface area contributed by atoms with E-state index in [0.717, 1.165) is 31.7 Å². The highest BCUT2D eigenvalue weighted by Gasteiger charge is 2.17. The number of aliphatic hydroxyl groups is 1. The summed E-state index contributed by atoms with van der Waals surface area (Å²) < 4.78 is 0. The molecule has 0 spiro atoms. The van der Waals surface area contributed by atoms with Gasteiger partial charge in [-0.3, -0.25) is 0 Å². The molecule has 3 heteroatoms. The van der Waals surface area contributed by atoms with Crippen LogP contribution in [0.5, 0.6) is 0 Å². The number of hydrogen-bond donors (Lipinski definition) is 2. The topological polar surface area (TPSA) is 35.5 Å². The second-order valence-corrected chi connectivity index (χ2v) is 4.05. The minimum Gasteiger partial charge on any atom is -0.374 e. The molecule has 1 aliphatic rings. The predicted molar refractivity (Wildman–Crippen MR) is 62.0 cm³/mol. The Bertz CT molecular complexity index is 310. The minimum atomic E-state index is -0.359. The van der Waals surface area contributed by atoms with Crippen LogP contribution >= 0.6 is 0 Å². The summed E-state index contributed by atoms with van der Waals surface area (Å²) in [6.45, 7) is 4.77. The van der Waals surface area contributed by atoms with Gasteiger partial charge in [0.05, 0.1) is 0 Å². The van der Waals surface area contributed by atoms with E-state index in [2.05, 4.69) is 41.4 Å². The molecule has 1 aromatic carbocycles. The van der Waals surface area contributed by atoms with Crippen LogP contribution in [-0.4, -0.2) is 31.0 Å². The highest BCUT2D eigenvalue weighted by Crippen LogP contribution is 2.18. The van der Waals surface area contributed by atoms with Crippen LogP contribution in [-0.2, 0) is 0 Å². The lowest BCUT2D eigenvalue weighted by Gasteiger charge is -2.27. The van der Waals surface area contributed by atoms with Gasteiger partial charge in [-0.15, -0.1) is 0 Å². The van der Waals surface area contributed by atoms with Crippen molar-refractivity contribution in [2.45, 2.75) is 19.6 Å². The zero-order chi connectivity index (χ0) is 10.7. The van der Waals surface area contributed by atoms with Crippen molar-refractivity contribution < 1.29 is 5.11 Å². The molecule has 3 nitrogen and oxygen atoms in total. The molecule has 1 aliphatic heterocycles. The van der Waals surface area contributed by atoms with Gasteiger partial charge in [0, 0.05) is 25.2 Å². The largest absolute Gasteiger partial charge is 0.374 e. The van der Waals surface area contributed by atoms with E-state index in [1.807, 2.05) is 0 Å². The summed E-state index contributed by atoms with van der Waals surface area (Å²) in [7, 11) is 0. The van der Waals surface area contributed by atoms with Crippen LogP contribution in [0.2, 0.25) is 0 Å². The Hall–Kier alpha value is -1.06. The molecule has 0 amide bonds. The van der Waals surface area contributed by atoms with Crippen molar-refractivity contribution in [2.24, 2.45) is 0 Å². The average Bonchev–Trinajstić information content (AvgIpc) is 2.44. The van der Waals surface area contributed by atoms with Crippen LogP contribution in [0.3, 0.4) is 0 Å². The first-order valence-corrected chi connectivity index (χ1v) is 5.49. The molecule has 0 radical (unpaired) electrons. The summed E-state index contributed by atoms with van der Waals surface area (Å²) in [6, 6.07) is 8.31. The van der Waals surface area contributed by atoms with E-state index in [1.54, 1.807) is 0 Å². The van der Waals surface area contributed by atoms with Gasteiger partial charge in [0.15, 0.2) is 0 Å². The van der Waals surface area contributed by atoms with Gasteiger partial charge in [0.1, 0.15) is 6.23 Å². The number of aliphatic hydroxyl groups excluding tert-OH is 1. The minimum absolute atomic E-state index is 0.359. The van der Waals surface area contributed by atoms with E-state index in [-0.39, 0.29) is 6.23 Å². The van der Waals surface area contributed by atoms with Gasteiger partial charge < -0.3 is 15.3 Å². The monoisotopic (exact) mass is 206 g/mol. The van der Waals surface area contributed by atoms with Crippen molar-refractivity contribution in [3.63, 3.8) is 0 Å². The SMILES string of the molecule is Cc1ccc(N2CCNCCC2O)cc1. The van der Waals surface area contributed by atoms with Gasteiger partial charge in [0.2, 0.25) is 0 Å². The van der Waals surface area contributed by atoms with E-state index >= 15 is 0 Å². The second-order valence-electron chi connectivity index (χ2n) is 4.05. The van der Waals surface area contributed by atoms with Crippen molar-refractivity contribution in [3.8, 4) is 0 Å². The molecule has 1 unspecified atom stereocenters. The summed E-state index contributed by atoms with van der Waals surface area (Å²) in [4.78, 5) is 2.06. The maximum absolute atomic E-state index is 9.96. The standard InChI is InChI=1S/C12H18N2O/c1-10-2-4-11(5-3-10)14-9-8-13-7-6-12(14)15/h2-5,12-13,15H,6-9H2,1H3. The van der Waals surface area contributed by atoms with Gasteiger partial charge in [-0.2, -0.15) is 0 Å². The predicted octanol–water partition coefficient (Wildman–Crippen LogP) is 1.11. The van der Waals surface area contributed by atoms with E-state index in [4.69, 9.17) is 0 Å². The maximum Gasteiger partial charge on any atom is 0.128 e. The fourth-order valence-corrected chi connectivity index (χ4v) is 1.90. The first-order valence-electron chi connectivity index (χ1n) is 5.49. The molecule has 1 atom stereocenters. The normalized spacial score (nSPS) is 22.5. The smallest absolute Gasteiger partial charge is 0.128 e. The van der Waals surface area contributed by atoms with Gasteiger partial charge in [-0.1, -0.05) is 17.7 Å². The number of nitrogens with one attached hydrogen (secondary N) is 1. The third-order valence-electron chi connectivity index (χ3n) is 2.83. The van der Waals surface area contributed by atoms with Crippen LogP contribution in [0.4, 0.5) is 5.69 Å². The van der Waals surface area contributed by atoms with Crippen LogP contribution in [0.25, 0.3) is 0 Å². The Morgan fingerprint density at radius 3 is 2.73 bits per heavy atom. The Kier molecular flexibility index (Phi) is 3.23. The summed E-state index contributed by atoms with van der Waals surface area (Å²) in [5.41, 5.74) is 2.36. The Morgan fingerprint density at radius 2 is 2.00 bits per heavy atom. The fourth-order valence-electron chi connectivity index (χ4n) is 1.90. The number of benzene rings is 1. The van der Waals surface area contributed by atoms with Crippen molar-refractivity contribution in [1.29, 1.82) is 0 Å². The lowest BCUT2D eigenvalue weighted by molar-refractivity contribution is 0.166. The van der Waals surface area contributed by atoms with Gasteiger partial charge in [-0.05, 0) is 25.6 Å². The number of anilines is 1. The number of rotatable bonds is 1. The third kappa shape index (κ3) is 2.49. The molecule has 1 saturated heterocycles.